The molecule has 14 heteroatoms. The molecule has 5 rings (SSSR count). The van der Waals surface area contributed by atoms with Crippen LogP contribution < -0.4 is 15.5 Å². The van der Waals surface area contributed by atoms with Gasteiger partial charge in [0.1, 0.15) is 35.0 Å². The van der Waals surface area contributed by atoms with E-state index in [4.69, 9.17) is 0 Å². The maximum atomic E-state index is 13.3. The average molecular weight is 563 g/mol. The van der Waals surface area contributed by atoms with Crippen LogP contribution in [0.4, 0.5) is 37.9 Å². The standard InChI is InChI=1S/C27H27FN8O5/c1-33-9-10-34(25(38)15-33)14-18-11-17-3-2-8-35(26(17)31-22(18)16-37)27(39)32-24-12-21(23(13-29-24)36(40)41)30-20-6-4-19(28)5-7-20/h4-7,11-13,16H,2-3,8-10,14-15H2,1H3,(H2,29,30,32,39). The predicted molar refractivity (Wildman–Crippen MR) is 148 cm³/mol. The Bertz CT molecular complexity index is 1520. The van der Waals surface area contributed by atoms with E-state index in [-0.39, 0.29) is 35.3 Å². The number of urea groups is 1. The van der Waals surface area contributed by atoms with Crippen molar-refractivity contribution >= 4 is 46.9 Å². The van der Waals surface area contributed by atoms with E-state index in [0.717, 1.165) is 18.3 Å². The Morgan fingerprint density at radius 2 is 1.98 bits per heavy atom. The molecule has 3 aromatic rings. The Labute approximate surface area is 234 Å². The molecule has 0 radical (unpaired) electrons. The number of benzene rings is 1. The van der Waals surface area contributed by atoms with Gasteiger partial charge in [-0.05, 0) is 55.8 Å². The van der Waals surface area contributed by atoms with Gasteiger partial charge in [-0.2, -0.15) is 0 Å². The summed E-state index contributed by atoms with van der Waals surface area (Å²) < 4.78 is 13.3. The van der Waals surface area contributed by atoms with Crippen LogP contribution in [0, 0.1) is 15.9 Å². The zero-order valence-corrected chi connectivity index (χ0v) is 22.2. The van der Waals surface area contributed by atoms with E-state index in [9.17, 15) is 28.9 Å². The molecular weight excluding hydrogens is 535 g/mol. The second-order valence-electron chi connectivity index (χ2n) is 9.85. The van der Waals surface area contributed by atoms with E-state index in [1.54, 1.807) is 4.90 Å². The molecule has 1 saturated heterocycles. The molecule has 2 aliphatic heterocycles. The highest BCUT2D eigenvalue weighted by atomic mass is 19.1. The molecule has 0 aliphatic carbocycles. The van der Waals surface area contributed by atoms with Gasteiger partial charge in [0.25, 0.3) is 0 Å². The lowest BCUT2D eigenvalue weighted by Crippen LogP contribution is -2.48. The lowest BCUT2D eigenvalue weighted by molar-refractivity contribution is -0.384. The summed E-state index contributed by atoms with van der Waals surface area (Å²) in [4.78, 5) is 62.2. The molecule has 3 amide bonds. The first-order valence-electron chi connectivity index (χ1n) is 12.9. The molecule has 4 heterocycles. The number of anilines is 4. The van der Waals surface area contributed by atoms with Crippen molar-refractivity contribution in [3.05, 3.63) is 75.3 Å². The number of amides is 3. The van der Waals surface area contributed by atoms with Gasteiger partial charge in [0, 0.05) is 43.5 Å². The van der Waals surface area contributed by atoms with Crippen LogP contribution in [0.5, 0.6) is 0 Å². The zero-order chi connectivity index (χ0) is 29.1. The number of hydrogen-bond acceptors (Lipinski definition) is 9. The van der Waals surface area contributed by atoms with Gasteiger partial charge in [0.05, 0.1) is 11.5 Å². The Kier molecular flexibility index (Phi) is 7.83. The van der Waals surface area contributed by atoms with Gasteiger partial charge in [-0.1, -0.05) is 0 Å². The number of hydrogen-bond donors (Lipinski definition) is 2. The van der Waals surface area contributed by atoms with Crippen LogP contribution in [0.1, 0.15) is 28.0 Å². The summed E-state index contributed by atoms with van der Waals surface area (Å²) in [6.45, 7) is 2.16. The molecule has 0 saturated carbocycles. The van der Waals surface area contributed by atoms with Crippen LogP contribution in [-0.4, -0.2) is 76.1 Å². The highest BCUT2D eigenvalue weighted by molar-refractivity contribution is 6.02. The van der Waals surface area contributed by atoms with Gasteiger partial charge in [-0.3, -0.25) is 34.8 Å². The van der Waals surface area contributed by atoms with Crippen LogP contribution >= 0.6 is 0 Å². The zero-order valence-electron chi connectivity index (χ0n) is 22.2. The molecule has 2 aromatic heterocycles. The number of fused-ring (bicyclic) bond motifs is 1. The summed E-state index contributed by atoms with van der Waals surface area (Å²) in [5.74, 6) is -0.118. The van der Waals surface area contributed by atoms with E-state index < -0.39 is 16.8 Å². The van der Waals surface area contributed by atoms with Crippen molar-refractivity contribution in [3.63, 3.8) is 0 Å². The molecule has 212 valence electrons. The summed E-state index contributed by atoms with van der Waals surface area (Å²) in [6.07, 6.45) is 2.91. The maximum Gasteiger partial charge on any atom is 0.328 e. The number of nitrogens with zero attached hydrogens (tertiary/aromatic N) is 6. The number of nitro groups is 1. The van der Waals surface area contributed by atoms with Crippen LogP contribution in [0.15, 0.2) is 42.6 Å². The Morgan fingerprint density at radius 3 is 2.68 bits per heavy atom. The fraction of sp³-hybridized carbons (Fsp3) is 0.296. The Morgan fingerprint density at radius 1 is 1.20 bits per heavy atom. The molecule has 0 bridgehead atoms. The summed E-state index contributed by atoms with van der Waals surface area (Å²) in [5.41, 5.74) is 1.66. The summed E-state index contributed by atoms with van der Waals surface area (Å²) in [5, 5.41) is 17.0. The molecule has 41 heavy (non-hydrogen) atoms. The van der Waals surface area contributed by atoms with Crippen molar-refractivity contribution in [2.75, 3.05) is 48.8 Å². The molecule has 1 fully saturated rings. The van der Waals surface area contributed by atoms with Gasteiger partial charge < -0.3 is 10.2 Å². The molecule has 1 aromatic carbocycles. The second kappa shape index (κ2) is 11.6. The number of carbonyl (C=O) groups excluding carboxylic acids is 3. The van der Waals surface area contributed by atoms with E-state index in [0.29, 0.717) is 55.8 Å². The summed E-state index contributed by atoms with van der Waals surface area (Å²) in [6, 6.07) is 7.82. The van der Waals surface area contributed by atoms with Crippen molar-refractivity contribution in [1.82, 2.24) is 19.8 Å². The molecule has 2 N–H and O–H groups in total. The number of aldehydes is 1. The van der Waals surface area contributed by atoms with Crippen LogP contribution in [0.3, 0.4) is 0 Å². The largest absolute Gasteiger partial charge is 0.350 e. The quantitative estimate of drug-likeness (QED) is 0.251. The monoisotopic (exact) mass is 562 g/mol. The van der Waals surface area contributed by atoms with Crippen molar-refractivity contribution in [1.29, 1.82) is 0 Å². The van der Waals surface area contributed by atoms with Gasteiger partial charge in [0.2, 0.25) is 5.91 Å². The van der Waals surface area contributed by atoms with E-state index in [1.807, 2.05) is 18.0 Å². The third-order valence-corrected chi connectivity index (χ3v) is 6.94. The van der Waals surface area contributed by atoms with Crippen LogP contribution in [0.25, 0.3) is 0 Å². The molecule has 0 unspecified atom stereocenters. The number of pyridine rings is 2. The number of rotatable bonds is 7. The minimum Gasteiger partial charge on any atom is -0.350 e. The number of likely N-dealkylation sites (N-methyl/N-ethyl adjacent to an activating group) is 1. The first-order chi connectivity index (χ1) is 19.7. The Hall–Kier alpha value is -4.98. The normalized spacial score (nSPS) is 15.3. The minimum atomic E-state index is -0.622. The Balaban J connectivity index is 1.37. The number of aromatic nitrogens is 2. The first kappa shape index (κ1) is 27.6. The molecule has 0 atom stereocenters. The van der Waals surface area contributed by atoms with Crippen LogP contribution in [0.2, 0.25) is 0 Å². The van der Waals surface area contributed by atoms with Crippen molar-refractivity contribution in [2.45, 2.75) is 19.4 Å². The third-order valence-electron chi connectivity index (χ3n) is 6.94. The lowest BCUT2D eigenvalue weighted by atomic mass is 10.0. The number of nitrogens with one attached hydrogen (secondary N) is 2. The molecule has 2 aliphatic rings. The SMILES string of the molecule is CN1CCN(Cc2cc3c(nc2C=O)N(C(=O)Nc2cc(Nc4ccc(F)cc4)c([N+](=O)[O-])cn2)CCC3)C(=O)C1. The number of piperazine rings is 1. The van der Waals surface area contributed by atoms with Gasteiger partial charge in [-0.25, -0.2) is 19.2 Å². The van der Waals surface area contributed by atoms with Gasteiger partial charge >= 0.3 is 11.7 Å². The smallest absolute Gasteiger partial charge is 0.328 e. The first-order valence-corrected chi connectivity index (χ1v) is 12.9. The number of halogens is 1. The highest BCUT2D eigenvalue weighted by Crippen LogP contribution is 2.31. The van der Waals surface area contributed by atoms with E-state index >= 15 is 0 Å². The summed E-state index contributed by atoms with van der Waals surface area (Å²) in [7, 11) is 1.88. The number of aryl methyl sites for hydroxylation is 1. The van der Waals surface area contributed by atoms with E-state index in [1.165, 1.54) is 35.2 Å². The molecular formula is C27H27FN8O5. The van der Waals surface area contributed by atoms with Gasteiger partial charge in [-0.15, -0.1) is 0 Å². The number of carbonyl (C=O) groups is 3. The van der Waals surface area contributed by atoms with Crippen molar-refractivity contribution < 1.29 is 23.7 Å². The lowest BCUT2D eigenvalue weighted by Gasteiger charge is -2.33. The van der Waals surface area contributed by atoms with E-state index in [2.05, 4.69) is 20.6 Å². The molecule has 13 nitrogen and oxygen atoms in total. The average Bonchev–Trinajstić information content (AvgIpc) is 2.95. The second-order valence-corrected chi connectivity index (χ2v) is 9.85. The molecule has 0 spiro atoms. The van der Waals surface area contributed by atoms with Crippen molar-refractivity contribution in [3.8, 4) is 0 Å². The highest BCUT2D eigenvalue weighted by Gasteiger charge is 2.28. The van der Waals surface area contributed by atoms with Gasteiger partial charge in [0.15, 0.2) is 6.29 Å². The van der Waals surface area contributed by atoms with Crippen molar-refractivity contribution in [2.24, 2.45) is 0 Å². The fourth-order valence-electron chi connectivity index (χ4n) is 4.81. The maximum absolute atomic E-state index is 13.3. The third kappa shape index (κ3) is 6.11. The summed E-state index contributed by atoms with van der Waals surface area (Å²) >= 11 is 0. The fourth-order valence-corrected chi connectivity index (χ4v) is 4.81. The predicted octanol–water partition coefficient (Wildman–Crippen LogP) is 3.34. The topological polar surface area (TPSA) is 154 Å². The minimum absolute atomic E-state index is 0.0294. The van der Waals surface area contributed by atoms with Crippen LogP contribution in [-0.2, 0) is 17.8 Å².